The molecule has 0 saturated heterocycles. The molecule has 9 N–H and O–H groups in total. The average Bonchev–Trinajstić information content (AvgIpc) is 2.87. The number of amides is 2. The molecule has 1 atom stereocenters. The van der Waals surface area contributed by atoms with Crippen molar-refractivity contribution in [2.75, 3.05) is 13.1 Å². The summed E-state index contributed by atoms with van der Waals surface area (Å²) in [5.74, 6) is -0.711. The van der Waals surface area contributed by atoms with Gasteiger partial charge in [-0.3, -0.25) is 14.6 Å². The van der Waals surface area contributed by atoms with Crippen LogP contribution in [0.15, 0.2) is 65.7 Å². The molecule has 0 aliphatic heterocycles. The third-order valence-corrected chi connectivity index (χ3v) is 6.64. The number of rotatable bonds is 17. The smallest absolute Gasteiger partial charge is 0.239 e. The van der Waals surface area contributed by atoms with Gasteiger partial charge in [0.25, 0.3) is 0 Å². The number of primary amides is 1. The van der Waals surface area contributed by atoms with Crippen molar-refractivity contribution < 1.29 is 9.59 Å². The third kappa shape index (κ3) is 10.1. The van der Waals surface area contributed by atoms with Gasteiger partial charge in [-0.2, -0.15) is 0 Å². The summed E-state index contributed by atoms with van der Waals surface area (Å²) >= 11 is 0. The van der Waals surface area contributed by atoms with Crippen LogP contribution in [-0.4, -0.2) is 36.9 Å². The number of hydrogen-bond acceptors (Lipinski definition) is 4. The second kappa shape index (κ2) is 15.6. The number of guanidine groups is 1. The van der Waals surface area contributed by atoms with Crippen LogP contribution in [0.3, 0.4) is 0 Å². The Bertz CT molecular complexity index is 900. The van der Waals surface area contributed by atoms with Gasteiger partial charge in [0.05, 0.1) is 5.41 Å². The van der Waals surface area contributed by atoms with Crippen LogP contribution in [0, 0.1) is 5.41 Å². The van der Waals surface area contributed by atoms with Gasteiger partial charge in [-0.05, 0) is 68.9 Å². The van der Waals surface area contributed by atoms with E-state index in [1.165, 1.54) is 11.1 Å². The molecule has 36 heavy (non-hydrogen) atoms. The van der Waals surface area contributed by atoms with Gasteiger partial charge in [-0.1, -0.05) is 60.7 Å². The van der Waals surface area contributed by atoms with Crippen LogP contribution in [0.1, 0.15) is 56.1 Å². The van der Waals surface area contributed by atoms with E-state index in [1.54, 1.807) is 0 Å². The van der Waals surface area contributed by atoms with Gasteiger partial charge >= 0.3 is 0 Å². The summed E-state index contributed by atoms with van der Waals surface area (Å²) in [6.45, 7) is 0.672. The summed E-state index contributed by atoms with van der Waals surface area (Å²) in [6.07, 6.45) is 6.40. The molecule has 2 rings (SSSR count). The number of aliphatic imine (C=N–C) groups is 1. The highest BCUT2D eigenvalue weighted by Crippen LogP contribution is 2.31. The van der Waals surface area contributed by atoms with Crippen LogP contribution in [0.2, 0.25) is 0 Å². The van der Waals surface area contributed by atoms with Crippen LogP contribution in [0.4, 0.5) is 0 Å². The van der Waals surface area contributed by atoms with Gasteiger partial charge in [-0.15, -0.1) is 0 Å². The number of unbranched alkanes of at least 4 members (excludes halogenated alkanes) is 1. The Kier molecular flexibility index (Phi) is 12.5. The first kappa shape index (κ1) is 28.8. The van der Waals surface area contributed by atoms with E-state index in [9.17, 15) is 9.59 Å². The largest absolute Gasteiger partial charge is 0.370 e. The lowest BCUT2D eigenvalue weighted by Gasteiger charge is -2.33. The quantitative estimate of drug-likeness (QED) is 0.129. The minimum atomic E-state index is -0.768. The summed E-state index contributed by atoms with van der Waals surface area (Å²) in [5, 5.41) is 2.93. The number of aryl methyl sites for hydroxylation is 2. The first-order valence-electron chi connectivity index (χ1n) is 12.8. The molecule has 0 radical (unpaired) electrons. The second-order valence-corrected chi connectivity index (χ2v) is 9.39. The number of benzene rings is 2. The van der Waals surface area contributed by atoms with Crippen LogP contribution in [0.5, 0.6) is 0 Å². The average molecular weight is 495 g/mol. The molecule has 196 valence electrons. The van der Waals surface area contributed by atoms with Crippen LogP contribution in [-0.2, 0) is 22.4 Å². The zero-order valence-corrected chi connectivity index (χ0v) is 21.2. The third-order valence-electron chi connectivity index (χ3n) is 6.64. The van der Waals surface area contributed by atoms with Crippen molar-refractivity contribution in [3.05, 3.63) is 71.8 Å². The Hall–Kier alpha value is -3.39. The normalized spacial score (nSPS) is 12.0. The topological polar surface area (TPSA) is 163 Å². The molecule has 0 aliphatic rings. The van der Waals surface area contributed by atoms with Crippen molar-refractivity contribution >= 4 is 17.8 Å². The molecule has 2 aromatic rings. The molecule has 0 bridgehead atoms. The van der Waals surface area contributed by atoms with Gasteiger partial charge in [0.1, 0.15) is 6.04 Å². The monoisotopic (exact) mass is 494 g/mol. The number of carbonyl (C=O) groups excluding carboxylic acids is 2. The SMILES string of the molecule is NCC(CCCc1ccccc1)(CCCc1ccccc1)C(=O)N[C@@H](CCCCN=C(N)N)C(N)=O. The van der Waals surface area contributed by atoms with Crippen molar-refractivity contribution in [1.29, 1.82) is 0 Å². The molecule has 0 unspecified atom stereocenters. The molecule has 0 aromatic heterocycles. The van der Waals surface area contributed by atoms with E-state index >= 15 is 0 Å². The Morgan fingerprint density at radius 2 is 1.33 bits per heavy atom. The summed E-state index contributed by atoms with van der Waals surface area (Å²) < 4.78 is 0. The van der Waals surface area contributed by atoms with Crippen molar-refractivity contribution in [2.45, 2.75) is 63.8 Å². The molecule has 8 nitrogen and oxygen atoms in total. The Morgan fingerprint density at radius 3 is 1.78 bits per heavy atom. The minimum absolute atomic E-state index is 0.0356. The molecule has 0 spiro atoms. The molecule has 0 saturated carbocycles. The maximum Gasteiger partial charge on any atom is 0.239 e. The van der Waals surface area contributed by atoms with Crippen LogP contribution < -0.4 is 28.3 Å². The molecule has 0 heterocycles. The van der Waals surface area contributed by atoms with Crippen LogP contribution >= 0.6 is 0 Å². The van der Waals surface area contributed by atoms with Gasteiger partial charge in [0.2, 0.25) is 11.8 Å². The summed E-state index contributed by atoms with van der Waals surface area (Å²) in [7, 11) is 0. The second-order valence-electron chi connectivity index (χ2n) is 9.39. The van der Waals surface area contributed by atoms with E-state index in [1.807, 2.05) is 36.4 Å². The van der Waals surface area contributed by atoms with Gasteiger partial charge in [-0.25, -0.2) is 0 Å². The van der Waals surface area contributed by atoms with E-state index in [2.05, 4.69) is 34.6 Å². The fourth-order valence-electron chi connectivity index (χ4n) is 4.47. The number of nitrogens with one attached hydrogen (secondary N) is 1. The van der Waals surface area contributed by atoms with E-state index < -0.39 is 17.4 Å². The molecule has 2 aromatic carbocycles. The zero-order chi connectivity index (χ0) is 26.2. The van der Waals surface area contributed by atoms with E-state index in [0.717, 1.165) is 25.7 Å². The van der Waals surface area contributed by atoms with Crippen molar-refractivity contribution in [1.82, 2.24) is 5.32 Å². The lowest BCUT2D eigenvalue weighted by atomic mass is 9.76. The highest BCUT2D eigenvalue weighted by Gasteiger charge is 2.37. The summed E-state index contributed by atoms with van der Waals surface area (Å²) in [4.78, 5) is 29.7. The maximum atomic E-state index is 13.6. The van der Waals surface area contributed by atoms with Crippen molar-refractivity contribution in [2.24, 2.45) is 33.3 Å². The van der Waals surface area contributed by atoms with Crippen molar-refractivity contribution in [3.8, 4) is 0 Å². The fraction of sp³-hybridized carbons (Fsp3) is 0.464. The summed E-state index contributed by atoms with van der Waals surface area (Å²) in [6, 6.07) is 19.6. The zero-order valence-electron chi connectivity index (χ0n) is 21.2. The first-order chi connectivity index (χ1) is 17.4. The van der Waals surface area contributed by atoms with Crippen LogP contribution in [0.25, 0.3) is 0 Å². The number of carbonyl (C=O) groups is 2. The number of hydrogen-bond donors (Lipinski definition) is 5. The predicted molar refractivity (Wildman–Crippen MR) is 146 cm³/mol. The lowest BCUT2D eigenvalue weighted by molar-refractivity contribution is -0.135. The van der Waals surface area contributed by atoms with Gasteiger partial charge in [0.15, 0.2) is 5.96 Å². The minimum Gasteiger partial charge on any atom is -0.370 e. The highest BCUT2D eigenvalue weighted by molar-refractivity contribution is 5.89. The van der Waals surface area contributed by atoms with Crippen molar-refractivity contribution in [3.63, 3.8) is 0 Å². The summed E-state index contributed by atoms with van der Waals surface area (Å²) in [5.41, 5.74) is 24.3. The predicted octanol–water partition coefficient (Wildman–Crippen LogP) is 2.39. The van der Waals surface area contributed by atoms with Gasteiger partial charge in [0, 0.05) is 13.1 Å². The number of nitrogens with zero attached hydrogens (tertiary/aromatic N) is 1. The lowest BCUT2D eigenvalue weighted by Crippen LogP contribution is -2.53. The Labute approximate surface area is 214 Å². The van der Waals surface area contributed by atoms with E-state index in [0.29, 0.717) is 38.6 Å². The Morgan fingerprint density at radius 1 is 0.806 bits per heavy atom. The van der Waals surface area contributed by atoms with Gasteiger partial charge < -0.3 is 28.3 Å². The standard InChI is InChI=1S/C28H42N6O2/c29-21-28(18-9-15-22-11-3-1-4-12-22,19-10-16-23-13-5-2-6-14-23)26(36)34-24(25(30)35)17-7-8-20-33-27(31)32/h1-6,11-14,24H,7-10,15-21,29H2,(H2,30,35)(H,34,36)(H4,31,32,33)/t24-/m0/s1. The Balaban J connectivity index is 2.06. The molecule has 2 amide bonds. The first-order valence-corrected chi connectivity index (χ1v) is 12.8. The molecular weight excluding hydrogens is 452 g/mol. The molecule has 0 fully saturated rings. The molecule has 8 heteroatoms. The molecule has 0 aliphatic carbocycles. The number of nitrogens with two attached hydrogens (primary N) is 4. The van der Waals surface area contributed by atoms with E-state index in [-0.39, 0.29) is 18.4 Å². The molecular formula is C28H42N6O2. The fourth-order valence-corrected chi connectivity index (χ4v) is 4.47. The maximum absolute atomic E-state index is 13.6. The highest BCUT2D eigenvalue weighted by atomic mass is 16.2. The van der Waals surface area contributed by atoms with E-state index in [4.69, 9.17) is 22.9 Å².